The number of aryl methyl sites for hydroxylation is 3. The van der Waals surface area contributed by atoms with Gasteiger partial charge in [-0.2, -0.15) is 0 Å². The third-order valence-electron chi connectivity index (χ3n) is 3.18. The Labute approximate surface area is 125 Å². The lowest BCUT2D eigenvalue weighted by atomic mass is 10.1. The molecule has 0 atom stereocenters. The van der Waals surface area contributed by atoms with E-state index < -0.39 is 0 Å². The van der Waals surface area contributed by atoms with E-state index in [1.807, 2.05) is 0 Å². The Morgan fingerprint density at radius 1 is 1.14 bits per heavy atom. The molecule has 0 radical (unpaired) electrons. The largest absolute Gasteiger partial charge is 0.483 e. The van der Waals surface area contributed by atoms with Crippen molar-refractivity contribution in [2.45, 2.75) is 47.3 Å². The molecule has 0 saturated heterocycles. The van der Waals surface area contributed by atoms with E-state index in [9.17, 15) is 0 Å². The summed E-state index contributed by atoms with van der Waals surface area (Å²) in [5.74, 6) is 1.95. The van der Waals surface area contributed by atoms with Crippen molar-refractivity contribution in [3.8, 4) is 5.75 Å². The van der Waals surface area contributed by atoms with Crippen molar-refractivity contribution in [3.05, 3.63) is 40.6 Å². The highest BCUT2D eigenvalue weighted by molar-refractivity contribution is 5.43. The minimum absolute atomic E-state index is 0.302. The Balaban J connectivity index is 2.02. The van der Waals surface area contributed by atoms with Crippen LogP contribution < -0.4 is 10.1 Å². The number of ether oxygens (including phenoxy) is 1. The van der Waals surface area contributed by atoms with E-state index in [1.165, 1.54) is 5.56 Å². The predicted molar refractivity (Wildman–Crippen MR) is 81.3 cm³/mol. The Kier molecular flexibility index (Phi) is 5.33. The molecule has 0 fully saturated rings. The summed E-state index contributed by atoms with van der Waals surface area (Å²) in [6.07, 6.45) is 1.14. The van der Waals surface area contributed by atoms with Crippen LogP contribution in [0.15, 0.2) is 16.5 Å². The van der Waals surface area contributed by atoms with Gasteiger partial charge in [0.25, 0.3) is 5.89 Å². The van der Waals surface area contributed by atoms with E-state index in [1.54, 1.807) is 6.92 Å². The zero-order valence-corrected chi connectivity index (χ0v) is 13.2. The molecule has 5 heteroatoms. The smallest absolute Gasteiger partial charge is 0.253 e. The summed E-state index contributed by atoms with van der Waals surface area (Å²) in [5.41, 5.74) is 3.53. The normalized spacial score (nSPS) is 10.9. The second-order valence-corrected chi connectivity index (χ2v) is 5.24. The summed E-state index contributed by atoms with van der Waals surface area (Å²) in [6, 6.07) is 4.31. The number of rotatable bonds is 7. The maximum absolute atomic E-state index is 5.83. The van der Waals surface area contributed by atoms with E-state index in [4.69, 9.17) is 9.15 Å². The molecular weight excluding hydrogens is 266 g/mol. The topological polar surface area (TPSA) is 60.2 Å². The monoisotopic (exact) mass is 289 g/mol. The first-order valence-electron chi connectivity index (χ1n) is 7.32. The van der Waals surface area contributed by atoms with Crippen LogP contribution in [0.1, 0.15) is 41.8 Å². The van der Waals surface area contributed by atoms with Gasteiger partial charge < -0.3 is 14.5 Å². The molecule has 1 aromatic heterocycles. The van der Waals surface area contributed by atoms with Crippen LogP contribution in [-0.4, -0.2) is 16.7 Å². The summed E-state index contributed by atoms with van der Waals surface area (Å²) in [4.78, 5) is 0. The van der Waals surface area contributed by atoms with Gasteiger partial charge in [0.15, 0.2) is 6.61 Å². The average molecular weight is 289 g/mol. The Hall–Kier alpha value is -1.88. The van der Waals surface area contributed by atoms with Gasteiger partial charge in [-0.3, -0.25) is 0 Å². The van der Waals surface area contributed by atoms with Crippen LogP contribution in [0.4, 0.5) is 0 Å². The van der Waals surface area contributed by atoms with Crippen molar-refractivity contribution >= 4 is 0 Å². The molecule has 0 aliphatic carbocycles. The summed E-state index contributed by atoms with van der Waals surface area (Å²) in [6.45, 7) is 10.3. The number of nitrogens with one attached hydrogen (secondary N) is 1. The van der Waals surface area contributed by atoms with Crippen LogP contribution in [0.25, 0.3) is 0 Å². The van der Waals surface area contributed by atoms with Gasteiger partial charge in [-0.25, -0.2) is 0 Å². The van der Waals surface area contributed by atoms with E-state index in [0.717, 1.165) is 36.4 Å². The minimum Gasteiger partial charge on any atom is -0.483 e. The zero-order chi connectivity index (χ0) is 15.2. The lowest BCUT2D eigenvalue weighted by molar-refractivity contribution is 0.257. The number of nitrogens with zero attached hydrogens (tertiary/aromatic N) is 2. The van der Waals surface area contributed by atoms with Gasteiger partial charge in [-0.1, -0.05) is 19.1 Å². The predicted octanol–water partition coefficient (Wildman–Crippen LogP) is 3.07. The van der Waals surface area contributed by atoms with Gasteiger partial charge in [0, 0.05) is 13.5 Å². The molecule has 0 aliphatic rings. The maximum Gasteiger partial charge on any atom is 0.253 e. The van der Waals surface area contributed by atoms with E-state index in [-0.39, 0.29) is 0 Å². The number of benzene rings is 1. The zero-order valence-electron chi connectivity index (χ0n) is 13.2. The Morgan fingerprint density at radius 2 is 1.86 bits per heavy atom. The van der Waals surface area contributed by atoms with Crippen LogP contribution in [0.5, 0.6) is 5.75 Å². The summed E-state index contributed by atoms with van der Waals surface area (Å²) in [7, 11) is 0. The first-order chi connectivity index (χ1) is 10.1. The van der Waals surface area contributed by atoms with Crippen molar-refractivity contribution in [3.63, 3.8) is 0 Å². The standard InChI is InChI=1S/C16H23N3O2/c1-5-6-17-9-14-7-11(2)16(12(3)8-14)20-10-15-19-18-13(4)21-15/h7-8,17H,5-6,9-10H2,1-4H3. The molecule has 1 heterocycles. The van der Waals surface area contributed by atoms with Crippen LogP contribution in [0.3, 0.4) is 0 Å². The second-order valence-electron chi connectivity index (χ2n) is 5.24. The fourth-order valence-electron chi connectivity index (χ4n) is 2.31. The number of hydrogen-bond acceptors (Lipinski definition) is 5. The number of hydrogen-bond donors (Lipinski definition) is 1. The molecule has 21 heavy (non-hydrogen) atoms. The van der Waals surface area contributed by atoms with Crippen LogP contribution >= 0.6 is 0 Å². The SMILES string of the molecule is CCCNCc1cc(C)c(OCc2nnc(C)o2)c(C)c1. The Bertz CT molecular complexity index is 570. The first kappa shape index (κ1) is 15.5. The molecule has 0 amide bonds. The molecule has 0 unspecified atom stereocenters. The molecule has 0 spiro atoms. The van der Waals surface area contributed by atoms with E-state index in [2.05, 4.69) is 48.4 Å². The summed E-state index contributed by atoms with van der Waals surface area (Å²) >= 11 is 0. The highest BCUT2D eigenvalue weighted by Gasteiger charge is 2.09. The molecule has 2 rings (SSSR count). The second kappa shape index (κ2) is 7.22. The molecule has 0 bridgehead atoms. The van der Waals surface area contributed by atoms with Gasteiger partial charge in [0.2, 0.25) is 5.89 Å². The van der Waals surface area contributed by atoms with Crippen LogP contribution in [0, 0.1) is 20.8 Å². The van der Waals surface area contributed by atoms with Gasteiger partial charge in [-0.15, -0.1) is 10.2 Å². The van der Waals surface area contributed by atoms with Crippen LogP contribution in [0.2, 0.25) is 0 Å². The molecule has 0 saturated carbocycles. The lowest BCUT2D eigenvalue weighted by Gasteiger charge is -2.13. The fraction of sp³-hybridized carbons (Fsp3) is 0.500. The molecule has 114 valence electrons. The van der Waals surface area contributed by atoms with Crippen molar-refractivity contribution in [1.29, 1.82) is 0 Å². The van der Waals surface area contributed by atoms with Crippen molar-refractivity contribution in [2.75, 3.05) is 6.54 Å². The molecule has 5 nitrogen and oxygen atoms in total. The van der Waals surface area contributed by atoms with Crippen molar-refractivity contribution in [1.82, 2.24) is 15.5 Å². The van der Waals surface area contributed by atoms with Crippen LogP contribution in [-0.2, 0) is 13.2 Å². The highest BCUT2D eigenvalue weighted by Crippen LogP contribution is 2.25. The molecule has 1 aromatic carbocycles. The van der Waals surface area contributed by atoms with Crippen molar-refractivity contribution < 1.29 is 9.15 Å². The van der Waals surface area contributed by atoms with Gasteiger partial charge in [0.1, 0.15) is 5.75 Å². The lowest BCUT2D eigenvalue weighted by Crippen LogP contribution is -2.14. The molecule has 1 N–H and O–H groups in total. The van der Waals surface area contributed by atoms with E-state index >= 15 is 0 Å². The van der Waals surface area contributed by atoms with Crippen molar-refractivity contribution in [2.24, 2.45) is 0 Å². The third kappa shape index (κ3) is 4.29. The van der Waals surface area contributed by atoms with Gasteiger partial charge in [-0.05, 0) is 43.5 Å². The minimum atomic E-state index is 0.302. The Morgan fingerprint density at radius 3 is 2.43 bits per heavy atom. The number of aromatic nitrogens is 2. The quantitative estimate of drug-likeness (QED) is 0.794. The molecule has 2 aromatic rings. The fourth-order valence-corrected chi connectivity index (χ4v) is 2.31. The summed E-state index contributed by atoms with van der Waals surface area (Å²) < 4.78 is 11.1. The third-order valence-corrected chi connectivity index (χ3v) is 3.18. The highest BCUT2D eigenvalue weighted by atomic mass is 16.5. The maximum atomic E-state index is 5.83. The van der Waals surface area contributed by atoms with Gasteiger partial charge >= 0.3 is 0 Å². The molecular formula is C16H23N3O2. The summed E-state index contributed by atoms with van der Waals surface area (Å²) in [5, 5.41) is 11.1. The average Bonchev–Trinajstić information content (AvgIpc) is 2.84. The molecule has 0 aliphatic heterocycles. The van der Waals surface area contributed by atoms with Gasteiger partial charge in [0.05, 0.1) is 0 Å². The van der Waals surface area contributed by atoms with E-state index in [0.29, 0.717) is 18.4 Å². The first-order valence-corrected chi connectivity index (χ1v) is 7.32.